The van der Waals surface area contributed by atoms with Gasteiger partial charge in [0, 0.05) is 23.8 Å². The molecule has 1 aromatic heterocycles. The van der Waals surface area contributed by atoms with Gasteiger partial charge in [0.1, 0.15) is 6.33 Å². The summed E-state index contributed by atoms with van der Waals surface area (Å²) < 4.78 is 40.7. The summed E-state index contributed by atoms with van der Waals surface area (Å²) in [5.74, 6) is 0.698. The molecule has 3 aromatic carbocycles. The van der Waals surface area contributed by atoms with Crippen molar-refractivity contribution in [3.8, 4) is 0 Å². The van der Waals surface area contributed by atoms with E-state index in [1.54, 1.807) is 30.3 Å². The summed E-state index contributed by atoms with van der Waals surface area (Å²) >= 11 is 1.54. The minimum atomic E-state index is -3.60. The summed E-state index contributed by atoms with van der Waals surface area (Å²) in [5, 5.41) is 17.0. The summed E-state index contributed by atoms with van der Waals surface area (Å²) in [7, 11) is -3.60. The van der Waals surface area contributed by atoms with Crippen molar-refractivity contribution in [1.82, 2.24) is 19.9 Å². The van der Waals surface area contributed by atoms with Crippen LogP contribution in [0.25, 0.3) is 0 Å². The van der Waals surface area contributed by atoms with E-state index < -0.39 is 16.3 Å². The summed E-state index contributed by atoms with van der Waals surface area (Å²) in [6.45, 7) is 2.25. The Labute approximate surface area is 232 Å². The van der Waals surface area contributed by atoms with Crippen molar-refractivity contribution in [2.75, 3.05) is 5.75 Å². The Morgan fingerprint density at radius 3 is 2.31 bits per heavy atom. The number of benzene rings is 3. The first-order chi connectivity index (χ1) is 18.9. The van der Waals surface area contributed by atoms with E-state index in [0.717, 1.165) is 27.4 Å². The number of aromatic amines is 1. The van der Waals surface area contributed by atoms with Crippen LogP contribution in [0.1, 0.15) is 41.6 Å². The third kappa shape index (κ3) is 6.75. The number of hydrogen-bond donors (Lipinski definition) is 3. The highest BCUT2D eigenvalue weighted by molar-refractivity contribution is 7.99. The third-order valence-electron chi connectivity index (χ3n) is 6.67. The molecule has 1 aliphatic rings. The van der Waals surface area contributed by atoms with E-state index in [1.165, 1.54) is 18.1 Å². The first-order valence-electron chi connectivity index (χ1n) is 12.6. The first-order valence-corrected chi connectivity index (χ1v) is 15.0. The van der Waals surface area contributed by atoms with Gasteiger partial charge < -0.3 is 14.6 Å². The molecule has 4 aromatic rings. The largest absolute Gasteiger partial charge is 0.392 e. The van der Waals surface area contributed by atoms with Crippen LogP contribution in [-0.4, -0.2) is 40.6 Å². The highest BCUT2D eigenvalue weighted by Crippen LogP contribution is 2.42. The van der Waals surface area contributed by atoms with Gasteiger partial charge in [0.15, 0.2) is 11.4 Å². The van der Waals surface area contributed by atoms with Gasteiger partial charge in [-0.3, -0.25) is 5.10 Å². The number of nitrogens with one attached hydrogen (secondary N) is 2. The van der Waals surface area contributed by atoms with Gasteiger partial charge in [0.05, 0.1) is 23.7 Å². The number of thioether (sulfide) groups is 1. The molecular weight excluding hydrogens is 536 g/mol. The molecule has 0 amide bonds. The van der Waals surface area contributed by atoms with Crippen LogP contribution in [0.3, 0.4) is 0 Å². The molecule has 1 fully saturated rings. The van der Waals surface area contributed by atoms with Crippen molar-refractivity contribution in [2.45, 2.75) is 48.6 Å². The molecule has 4 atom stereocenters. The van der Waals surface area contributed by atoms with Crippen molar-refractivity contribution < 1.29 is 23.0 Å². The van der Waals surface area contributed by atoms with Crippen molar-refractivity contribution in [2.24, 2.45) is 5.92 Å². The maximum absolute atomic E-state index is 12.6. The van der Waals surface area contributed by atoms with Crippen molar-refractivity contribution in [1.29, 1.82) is 0 Å². The average Bonchev–Trinajstić information content (AvgIpc) is 3.50. The van der Waals surface area contributed by atoms with Gasteiger partial charge in [-0.1, -0.05) is 85.4 Å². The van der Waals surface area contributed by atoms with Crippen molar-refractivity contribution >= 4 is 21.8 Å². The molecule has 5 rings (SSSR count). The van der Waals surface area contributed by atoms with Gasteiger partial charge in [0.25, 0.3) is 0 Å². The zero-order chi connectivity index (χ0) is 27.2. The lowest BCUT2D eigenvalue weighted by molar-refractivity contribution is -0.268. The quantitative estimate of drug-likeness (QED) is 0.242. The normalized spacial score (nSPS) is 21.6. The van der Waals surface area contributed by atoms with E-state index in [2.05, 4.69) is 26.8 Å². The minimum absolute atomic E-state index is 0.0165. The fraction of sp³-hybridized carbons (Fsp3) is 0.286. The van der Waals surface area contributed by atoms with E-state index in [4.69, 9.17) is 9.47 Å². The van der Waals surface area contributed by atoms with E-state index in [1.807, 2.05) is 48.5 Å². The molecule has 0 unspecified atom stereocenters. The summed E-state index contributed by atoms with van der Waals surface area (Å²) in [4.78, 5) is 4.43. The number of H-pyrrole nitrogens is 1. The standard InChI is InChI=1S/C28H30N4O5S2/c1-19-25(17-38-28-29-18-30-32-28)36-27(37-26(19)22-11-9-21(16-33)10-12-22)23-13-7-20(8-14-23)15-31-39(34,35)24-5-3-2-4-6-24/h2-14,18-19,25-27,31,33H,15-17H2,1H3,(H,29,30,32)/t19-,25+,26+,27+/m0/s1. The second-order valence-electron chi connectivity index (χ2n) is 9.30. The number of sulfonamides is 1. The Balaban J connectivity index is 1.31. The van der Waals surface area contributed by atoms with Gasteiger partial charge in [-0.05, 0) is 28.8 Å². The van der Waals surface area contributed by atoms with Crippen LogP contribution in [0.5, 0.6) is 0 Å². The van der Waals surface area contributed by atoms with Gasteiger partial charge in [-0.15, -0.1) is 0 Å². The Morgan fingerprint density at radius 2 is 1.64 bits per heavy atom. The second-order valence-corrected chi connectivity index (χ2v) is 12.1. The SMILES string of the molecule is C[C@H]1[C@@H](CSc2ncn[nH]2)O[C@@H](c2ccc(CNS(=O)(=O)c3ccccc3)cc2)O[C@H]1c1ccc(CO)cc1. The summed E-state index contributed by atoms with van der Waals surface area (Å²) in [5.41, 5.74) is 3.50. The monoisotopic (exact) mass is 566 g/mol. The number of aliphatic hydroxyl groups excluding tert-OH is 1. The molecule has 0 radical (unpaired) electrons. The maximum atomic E-state index is 12.6. The highest BCUT2D eigenvalue weighted by atomic mass is 32.2. The number of rotatable bonds is 10. The minimum Gasteiger partial charge on any atom is -0.392 e. The Kier molecular flexibility index (Phi) is 8.75. The molecule has 0 spiro atoms. The van der Waals surface area contributed by atoms with Gasteiger partial charge in [-0.2, -0.15) is 5.10 Å². The van der Waals surface area contributed by atoms with Gasteiger partial charge >= 0.3 is 0 Å². The zero-order valence-electron chi connectivity index (χ0n) is 21.3. The number of hydrogen-bond acceptors (Lipinski definition) is 8. The molecule has 0 saturated carbocycles. The zero-order valence-corrected chi connectivity index (χ0v) is 22.9. The lowest BCUT2D eigenvalue weighted by atomic mass is 9.91. The Hall–Kier alpha value is -3.06. The molecule has 11 heteroatoms. The predicted octanol–water partition coefficient (Wildman–Crippen LogP) is 4.36. The van der Waals surface area contributed by atoms with E-state index in [9.17, 15) is 13.5 Å². The molecule has 0 bridgehead atoms. The van der Waals surface area contributed by atoms with Crippen LogP contribution in [0.4, 0.5) is 0 Å². The summed E-state index contributed by atoms with van der Waals surface area (Å²) in [6.07, 6.45) is 0.499. The van der Waals surface area contributed by atoms with Gasteiger partial charge in [-0.25, -0.2) is 18.1 Å². The number of aromatic nitrogens is 3. The molecule has 1 saturated heterocycles. The van der Waals surface area contributed by atoms with Gasteiger partial charge in [0.2, 0.25) is 10.0 Å². The average molecular weight is 567 g/mol. The fourth-order valence-electron chi connectivity index (χ4n) is 4.39. The molecule has 1 aliphatic heterocycles. The molecular formula is C28H30N4O5S2. The smallest absolute Gasteiger partial charge is 0.240 e. The lowest BCUT2D eigenvalue weighted by Gasteiger charge is -2.41. The molecule has 204 valence electrons. The number of ether oxygens (including phenoxy) is 2. The predicted molar refractivity (Wildman–Crippen MR) is 147 cm³/mol. The third-order valence-corrected chi connectivity index (χ3v) is 9.05. The Morgan fingerprint density at radius 1 is 0.949 bits per heavy atom. The van der Waals surface area contributed by atoms with Crippen molar-refractivity contribution in [3.05, 3.63) is 107 Å². The van der Waals surface area contributed by atoms with Crippen LogP contribution in [0.15, 0.2) is 95.2 Å². The fourth-order valence-corrected chi connectivity index (χ4v) is 6.37. The van der Waals surface area contributed by atoms with Crippen LogP contribution >= 0.6 is 11.8 Å². The summed E-state index contributed by atoms with van der Waals surface area (Å²) in [6, 6.07) is 23.6. The second kappa shape index (κ2) is 12.4. The highest BCUT2D eigenvalue weighted by Gasteiger charge is 2.38. The van der Waals surface area contributed by atoms with E-state index in [0.29, 0.717) is 5.75 Å². The van der Waals surface area contributed by atoms with Crippen molar-refractivity contribution in [3.63, 3.8) is 0 Å². The molecule has 3 N–H and O–H groups in total. The topological polar surface area (TPSA) is 126 Å². The van der Waals surface area contributed by atoms with Crippen LogP contribution in [0, 0.1) is 5.92 Å². The molecule has 9 nitrogen and oxygen atoms in total. The maximum Gasteiger partial charge on any atom is 0.240 e. The molecule has 2 heterocycles. The van der Waals surface area contributed by atoms with Crippen LogP contribution in [-0.2, 0) is 32.6 Å². The van der Waals surface area contributed by atoms with Crippen LogP contribution in [0.2, 0.25) is 0 Å². The molecule has 39 heavy (non-hydrogen) atoms. The van der Waals surface area contributed by atoms with Crippen LogP contribution < -0.4 is 4.72 Å². The van der Waals surface area contributed by atoms with E-state index >= 15 is 0 Å². The molecule has 0 aliphatic carbocycles. The Bertz CT molecular complexity index is 1430. The van der Waals surface area contributed by atoms with E-state index in [-0.39, 0.29) is 36.2 Å². The number of aliphatic hydroxyl groups is 1. The first kappa shape index (κ1) is 27.5. The number of nitrogens with zero attached hydrogens (tertiary/aromatic N) is 2. The lowest BCUT2D eigenvalue weighted by Crippen LogP contribution is -2.38.